The largest absolute Gasteiger partial charge is 0.368 e. The molecule has 1 aliphatic rings. The fraction of sp³-hybridized carbons (Fsp3) is 0.444. The molecule has 0 bridgehead atoms. The molecule has 0 radical (unpaired) electrons. The predicted octanol–water partition coefficient (Wildman–Crippen LogP) is -0.663. The van der Waals surface area contributed by atoms with E-state index in [1.54, 1.807) is 11.1 Å². The fourth-order valence-corrected chi connectivity index (χ4v) is 1.60. The Morgan fingerprint density at radius 2 is 2.07 bits per heavy atom. The molecule has 15 heavy (non-hydrogen) atoms. The molecule has 2 N–H and O–H groups in total. The number of anilines is 2. The molecule has 1 aliphatic heterocycles. The third-order valence-electron chi connectivity index (χ3n) is 2.45. The maximum Gasteiger partial charge on any atom is 0.221 e. The Hall–Kier alpha value is -1.85. The molecule has 1 aromatic rings. The zero-order chi connectivity index (χ0) is 10.7. The summed E-state index contributed by atoms with van der Waals surface area (Å²) in [5, 5.41) is 0. The van der Waals surface area contributed by atoms with Gasteiger partial charge in [-0.05, 0) is 6.07 Å². The number of carbonyl (C=O) groups excluding carboxylic acids is 1. The molecule has 0 aromatic carbocycles. The molecule has 2 rings (SSSR count). The monoisotopic (exact) mass is 207 g/mol. The highest BCUT2D eigenvalue weighted by Gasteiger charge is 2.16. The number of aromatic nitrogens is 2. The molecule has 1 saturated heterocycles. The second kappa shape index (κ2) is 4.12. The van der Waals surface area contributed by atoms with Gasteiger partial charge in [-0.15, -0.1) is 0 Å². The highest BCUT2D eigenvalue weighted by molar-refractivity contribution is 5.49. The van der Waals surface area contributed by atoms with Crippen molar-refractivity contribution >= 4 is 18.2 Å². The van der Waals surface area contributed by atoms with Crippen molar-refractivity contribution in [2.75, 3.05) is 36.8 Å². The number of hydrogen-bond donors (Lipinski definition) is 1. The lowest BCUT2D eigenvalue weighted by Gasteiger charge is -2.33. The molecule has 0 spiro atoms. The fourth-order valence-electron chi connectivity index (χ4n) is 1.60. The number of nitrogens with zero attached hydrogens (tertiary/aromatic N) is 4. The Kier molecular flexibility index (Phi) is 2.66. The molecule has 1 aromatic heterocycles. The Morgan fingerprint density at radius 3 is 2.67 bits per heavy atom. The molecule has 1 fully saturated rings. The van der Waals surface area contributed by atoms with Gasteiger partial charge >= 0.3 is 0 Å². The van der Waals surface area contributed by atoms with Crippen molar-refractivity contribution in [3.63, 3.8) is 0 Å². The van der Waals surface area contributed by atoms with Crippen molar-refractivity contribution in [1.82, 2.24) is 14.9 Å². The van der Waals surface area contributed by atoms with Gasteiger partial charge in [0, 0.05) is 32.4 Å². The van der Waals surface area contributed by atoms with E-state index < -0.39 is 0 Å². The highest BCUT2D eigenvalue weighted by Crippen LogP contribution is 2.12. The molecule has 0 atom stereocenters. The van der Waals surface area contributed by atoms with Crippen LogP contribution in [0.5, 0.6) is 0 Å². The van der Waals surface area contributed by atoms with E-state index in [0.29, 0.717) is 0 Å². The average Bonchev–Trinajstić information content (AvgIpc) is 2.29. The van der Waals surface area contributed by atoms with Gasteiger partial charge in [0.1, 0.15) is 5.82 Å². The molecule has 0 aliphatic carbocycles. The SMILES string of the molecule is Nc1nccc(N2CCN(C=O)CC2)n1. The second-order valence-electron chi connectivity index (χ2n) is 3.40. The number of carbonyl (C=O) groups is 1. The average molecular weight is 207 g/mol. The maximum absolute atomic E-state index is 10.5. The van der Waals surface area contributed by atoms with Crippen LogP contribution in [0, 0.1) is 0 Å². The number of hydrogen-bond acceptors (Lipinski definition) is 5. The molecular formula is C9H13N5O. The Bertz CT molecular complexity index is 348. The number of nitrogens with two attached hydrogens (primary N) is 1. The van der Waals surface area contributed by atoms with Crippen LogP contribution in [0.2, 0.25) is 0 Å². The molecule has 2 heterocycles. The van der Waals surface area contributed by atoms with Crippen LogP contribution in [-0.4, -0.2) is 47.5 Å². The predicted molar refractivity (Wildman–Crippen MR) is 56.3 cm³/mol. The zero-order valence-electron chi connectivity index (χ0n) is 8.33. The minimum absolute atomic E-state index is 0.283. The molecule has 6 heteroatoms. The summed E-state index contributed by atoms with van der Waals surface area (Å²) in [6, 6.07) is 1.83. The Labute approximate surface area is 87.7 Å². The van der Waals surface area contributed by atoms with E-state index in [4.69, 9.17) is 5.73 Å². The smallest absolute Gasteiger partial charge is 0.221 e. The molecule has 6 nitrogen and oxygen atoms in total. The minimum atomic E-state index is 0.283. The van der Waals surface area contributed by atoms with E-state index in [0.717, 1.165) is 38.4 Å². The zero-order valence-corrected chi connectivity index (χ0v) is 8.33. The van der Waals surface area contributed by atoms with Gasteiger partial charge in [-0.2, -0.15) is 4.98 Å². The first-order chi connectivity index (χ1) is 7.29. The minimum Gasteiger partial charge on any atom is -0.368 e. The van der Waals surface area contributed by atoms with Gasteiger partial charge in [-0.1, -0.05) is 0 Å². The van der Waals surface area contributed by atoms with E-state index in [1.165, 1.54) is 0 Å². The van der Waals surface area contributed by atoms with Gasteiger partial charge in [-0.3, -0.25) is 4.79 Å². The standard InChI is InChI=1S/C9H13N5O/c10-9-11-2-1-8(12-9)14-5-3-13(7-15)4-6-14/h1-2,7H,3-6H2,(H2,10,11,12). The Morgan fingerprint density at radius 1 is 1.33 bits per heavy atom. The van der Waals surface area contributed by atoms with Gasteiger partial charge < -0.3 is 15.5 Å². The van der Waals surface area contributed by atoms with Crippen LogP contribution in [0.4, 0.5) is 11.8 Å². The maximum atomic E-state index is 10.5. The summed E-state index contributed by atoms with van der Waals surface area (Å²) < 4.78 is 0. The number of piperazine rings is 1. The van der Waals surface area contributed by atoms with Gasteiger partial charge in [0.15, 0.2) is 0 Å². The molecule has 80 valence electrons. The van der Waals surface area contributed by atoms with Crippen LogP contribution in [0.3, 0.4) is 0 Å². The third kappa shape index (κ3) is 2.15. The van der Waals surface area contributed by atoms with Crippen molar-refractivity contribution in [1.29, 1.82) is 0 Å². The van der Waals surface area contributed by atoms with Gasteiger partial charge in [0.25, 0.3) is 0 Å². The highest BCUT2D eigenvalue weighted by atomic mass is 16.1. The van der Waals surface area contributed by atoms with Crippen molar-refractivity contribution in [3.05, 3.63) is 12.3 Å². The van der Waals surface area contributed by atoms with Crippen LogP contribution in [-0.2, 0) is 4.79 Å². The summed E-state index contributed by atoms with van der Waals surface area (Å²) in [5.74, 6) is 1.11. The molecule has 0 unspecified atom stereocenters. The van der Waals surface area contributed by atoms with E-state index in [1.807, 2.05) is 6.07 Å². The van der Waals surface area contributed by atoms with E-state index in [9.17, 15) is 4.79 Å². The second-order valence-corrected chi connectivity index (χ2v) is 3.40. The molecule has 0 saturated carbocycles. The summed E-state index contributed by atoms with van der Waals surface area (Å²) in [5.41, 5.74) is 5.50. The van der Waals surface area contributed by atoms with Gasteiger partial charge in [0.05, 0.1) is 0 Å². The van der Waals surface area contributed by atoms with E-state index in [-0.39, 0.29) is 5.95 Å². The number of amides is 1. The normalized spacial score (nSPS) is 16.5. The first-order valence-electron chi connectivity index (χ1n) is 4.82. The third-order valence-corrected chi connectivity index (χ3v) is 2.45. The summed E-state index contributed by atoms with van der Waals surface area (Å²) in [6.45, 7) is 3.03. The van der Waals surface area contributed by atoms with Gasteiger partial charge in [0.2, 0.25) is 12.4 Å². The van der Waals surface area contributed by atoms with Crippen molar-refractivity contribution in [2.24, 2.45) is 0 Å². The van der Waals surface area contributed by atoms with Gasteiger partial charge in [-0.25, -0.2) is 4.98 Å². The van der Waals surface area contributed by atoms with Crippen molar-refractivity contribution < 1.29 is 4.79 Å². The van der Waals surface area contributed by atoms with Crippen LogP contribution >= 0.6 is 0 Å². The van der Waals surface area contributed by atoms with Crippen LogP contribution < -0.4 is 10.6 Å². The summed E-state index contributed by atoms with van der Waals surface area (Å²) >= 11 is 0. The van der Waals surface area contributed by atoms with Crippen LogP contribution in [0.15, 0.2) is 12.3 Å². The quantitative estimate of drug-likeness (QED) is 0.651. The van der Waals surface area contributed by atoms with Crippen molar-refractivity contribution in [2.45, 2.75) is 0 Å². The lowest BCUT2D eigenvalue weighted by Crippen LogP contribution is -2.46. The van der Waals surface area contributed by atoms with Crippen LogP contribution in [0.25, 0.3) is 0 Å². The summed E-state index contributed by atoms with van der Waals surface area (Å²) in [6.07, 6.45) is 2.52. The lowest BCUT2D eigenvalue weighted by atomic mass is 10.3. The Balaban J connectivity index is 2.04. The first kappa shape index (κ1) is 9.70. The number of nitrogen functional groups attached to an aromatic ring is 1. The summed E-state index contributed by atoms with van der Waals surface area (Å²) in [7, 11) is 0. The molecular weight excluding hydrogens is 194 g/mol. The van der Waals surface area contributed by atoms with Crippen LogP contribution in [0.1, 0.15) is 0 Å². The van der Waals surface area contributed by atoms with E-state index >= 15 is 0 Å². The first-order valence-corrected chi connectivity index (χ1v) is 4.82. The topological polar surface area (TPSA) is 75.3 Å². The lowest BCUT2D eigenvalue weighted by molar-refractivity contribution is -0.118. The summed E-state index contributed by atoms with van der Waals surface area (Å²) in [4.78, 5) is 22.3. The van der Waals surface area contributed by atoms with Crippen molar-refractivity contribution in [3.8, 4) is 0 Å². The van der Waals surface area contributed by atoms with E-state index in [2.05, 4.69) is 14.9 Å². The number of rotatable bonds is 2. The molecule has 1 amide bonds.